The maximum absolute atomic E-state index is 11.4. The van der Waals surface area contributed by atoms with Crippen LogP contribution in [0.3, 0.4) is 0 Å². The predicted molar refractivity (Wildman–Crippen MR) is 64.9 cm³/mol. The Hall–Kier alpha value is -1.51. The van der Waals surface area contributed by atoms with Crippen molar-refractivity contribution in [2.75, 3.05) is 0 Å². The van der Waals surface area contributed by atoms with E-state index in [2.05, 4.69) is 10.3 Å². The van der Waals surface area contributed by atoms with E-state index in [0.717, 1.165) is 5.56 Å². The van der Waals surface area contributed by atoms with Crippen molar-refractivity contribution >= 4 is 12.1 Å². The first kappa shape index (κ1) is 17.5. The smallest absolute Gasteiger partial charge is 1.00 e. The standard InChI is InChI=1S/C12H16N2O4.Li.H/c1-8(2)10(11(15)16)14-12(17)18-7-9-3-5-13-6-4-9;;/h3-6,8,10H,7H2,1-2H3,(H,14,17)(H,15,16);;/q;+1;-1. The van der Waals surface area contributed by atoms with E-state index in [1.54, 1.807) is 38.4 Å². The van der Waals surface area contributed by atoms with E-state index in [1.807, 2.05) is 0 Å². The molecule has 0 saturated heterocycles. The molecule has 1 rings (SSSR count). The Morgan fingerprint density at radius 2 is 2.00 bits per heavy atom. The van der Waals surface area contributed by atoms with Crippen LogP contribution in [0.25, 0.3) is 0 Å². The summed E-state index contributed by atoms with van der Waals surface area (Å²) in [6.45, 7) is 3.50. The topological polar surface area (TPSA) is 88.5 Å². The number of alkyl carbamates (subject to hydrolysis) is 1. The van der Waals surface area contributed by atoms with Crippen molar-refractivity contribution in [2.24, 2.45) is 5.92 Å². The van der Waals surface area contributed by atoms with Crippen LogP contribution in [0.15, 0.2) is 24.5 Å². The van der Waals surface area contributed by atoms with Crippen molar-refractivity contribution in [1.29, 1.82) is 0 Å². The number of pyridine rings is 1. The van der Waals surface area contributed by atoms with Crippen LogP contribution >= 0.6 is 0 Å². The molecule has 1 aromatic heterocycles. The minimum Gasteiger partial charge on any atom is -1.00 e. The Labute approximate surface area is 125 Å². The average Bonchev–Trinajstić information content (AvgIpc) is 2.34. The van der Waals surface area contributed by atoms with Crippen molar-refractivity contribution in [3.05, 3.63) is 30.1 Å². The van der Waals surface area contributed by atoms with Crippen molar-refractivity contribution < 1.29 is 39.7 Å². The van der Waals surface area contributed by atoms with Crippen molar-refractivity contribution in [1.82, 2.24) is 10.3 Å². The Kier molecular flexibility index (Phi) is 7.88. The molecule has 0 fully saturated rings. The average molecular weight is 260 g/mol. The van der Waals surface area contributed by atoms with Gasteiger partial charge in [-0.15, -0.1) is 0 Å². The van der Waals surface area contributed by atoms with Gasteiger partial charge in [-0.1, -0.05) is 13.8 Å². The molecule has 1 atom stereocenters. The van der Waals surface area contributed by atoms with Gasteiger partial charge in [0.2, 0.25) is 0 Å². The molecule has 1 aromatic rings. The van der Waals surface area contributed by atoms with Gasteiger partial charge in [0.25, 0.3) is 0 Å². The minimum atomic E-state index is -1.08. The van der Waals surface area contributed by atoms with E-state index in [-0.39, 0.29) is 32.8 Å². The number of ether oxygens (including phenoxy) is 1. The van der Waals surface area contributed by atoms with Crippen LogP contribution in [0.5, 0.6) is 0 Å². The van der Waals surface area contributed by atoms with Gasteiger partial charge in [0.1, 0.15) is 12.6 Å². The molecule has 6 nitrogen and oxygen atoms in total. The molecule has 0 saturated carbocycles. The van der Waals surface area contributed by atoms with E-state index in [1.165, 1.54) is 0 Å². The number of nitrogens with zero attached hydrogens (tertiary/aromatic N) is 1. The Morgan fingerprint density at radius 1 is 1.42 bits per heavy atom. The molecule has 0 aliphatic carbocycles. The molecule has 0 spiro atoms. The fraction of sp³-hybridized carbons (Fsp3) is 0.417. The predicted octanol–water partition coefficient (Wildman–Crippen LogP) is -1.47. The fourth-order valence-electron chi connectivity index (χ4n) is 1.31. The molecule has 100 valence electrons. The van der Waals surface area contributed by atoms with Crippen LogP contribution in [-0.2, 0) is 16.1 Å². The summed E-state index contributed by atoms with van der Waals surface area (Å²) in [4.78, 5) is 26.1. The van der Waals surface area contributed by atoms with Gasteiger partial charge < -0.3 is 16.6 Å². The summed E-state index contributed by atoms with van der Waals surface area (Å²) in [6.07, 6.45) is 2.43. The first-order valence-electron chi connectivity index (χ1n) is 5.55. The molecule has 7 heteroatoms. The number of carboxylic acids is 1. The number of aromatic nitrogens is 1. The third kappa shape index (κ3) is 6.27. The third-order valence-electron chi connectivity index (χ3n) is 2.33. The summed E-state index contributed by atoms with van der Waals surface area (Å²) in [5, 5.41) is 11.2. The number of rotatable bonds is 5. The van der Waals surface area contributed by atoms with Crippen LogP contribution in [0, 0.1) is 5.92 Å². The molecule has 0 aliphatic heterocycles. The molecular formula is C12H17LiN2O4. The number of aliphatic carboxylic acids is 1. The number of carbonyl (C=O) groups is 2. The zero-order valence-electron chi connectivity index (χ0n) is 12.3. The van der Waals surface area contributed by atoms with Gasteiger partial charge in [0.05, 0.1) is 0 Å². The molecule has 19 heavy (non-hydrogen) atoms. The Bertz CT molecular complexity index is 417. The van der Waals surface area contributed by atoms with Gasteiger partial charge in [-0.05, 0) is 23.6 Å². The summed E-state index contributed by atoms with van der Waals surface area (Å²) in [6, 6.07) is 2.48. The van der Waals surface area contributed by atoms with E-state index in [0.29, 0.717) is 0 Å². The SMILES string of the molecule is CC(C)C(NC(=O)OCc1ccncc1)C(=O)O.[H-].[Li+]. The molecule has 1 amide bonds. The molecule has 1 heterocycles. The second kappa shape index (κ2) is 8.57. The van der Waals surface area contributed by atoms with E-state index < -0.39 is 18.1 Å². The second-order valence-corrected chi connectivity index (χ2v) is 4.14. The van der Waals surface area contributed by atoms with E-state index in [9.17, 15) is 9.59 Å². The molecule has 0 bridgehead atoms. The fourth-order valence-corrected chi connectivity index (χ4v) is 1.31. The minimum absolute atomic E-state index is 0. The maximum atomic E-state index is 11.4. The van der Waals surface area contributed by atoms with Gasteiger partial charge in [0.15, 0.2) is 0 Å². The summed E-state index contributed by atoms with van der Waals surface area (Å²) in [7, 11) is 0. The number of hydrogen-bond donors (Lipinski definition) is 2. The summed E-state index contributed by atoms with van der Waals surface area (Å²) in [5.74, 6) is -1.29. The quantitative estimate of drug-likeness (QED) is 0.631. The van der Waals surface area contributed by atoms with Crippen LogP contribution in [0.1, 0.15) is 20.8 Å². The van der Waals surface area contributed by atoms with Crippen LogP contribution in [-0.4, -0.2) is 28.2 Å². The Balaban J connectivity index is 0. The van der Waals surface area contributed by atoms with Crippen molar-refractivity contribution in [2.45, 2.75) is 26.5 Å². The van der Waals surface area contributed by atoms with Gasteiger partial charge in [-0.2, -0.15) is 0 Å². The largest absolute Gasteiger partial charge is 1.00 e. The summed E-state index contributed by atoms with van der Waals surface area (Å²) >= 11 is 0. The number of amides is 1. The number of hydrogen-bond acceptors (Lipinski definition) is 4. The van der Waals surface area contributed by atoms with Crippen LogP contribution in [0.4, 0.5) is 4.79 Å². The zero-order chi connectivity index (χ0) is 13.5. The Morgan fingerprint density at radius 3 is 2.47 bits per heavy atom. The number of carboxylic acid groups (broad SMARTS) is 1. The van der Waals surface area contributed by atoms with Crippen molar-refractivity contribution in [3.63, 3.8) is 0 Å². The molecule has 0 aromatic carbocycles. The van der Waals surface area contributed by atoms with E-state index in [4.69, 9.17) is 9.84 Å². The van der Waals surface area contributed by atoms with Gasteiger partial charge in [-0.25, -0.2) is 9.59 Å². The summed E-state index contributed by atoms with van der Waals surface area (Å²) < 4.78 is 4.92. The molecular weight excluding hydrogens is 243 g/mol. The second-order valence-electron chi connectivity index (χ2n) is 4.14. The third-order valence-corrected chi connectivity index (χ3v) is 2.33. The van der Waals surface area contributed by atoms with E-state index >= 15 is 0 Å². The maximum Gasteiger partial charge on any atom is 1.00 e. The van der Waals surface area contributed by atoms with Gasteiger partial charge >= 0.3 is 30.9 Å². The van der Waals surface area contributed by atoms with Gasteiger partial charge in [0, 0.05) is 12.4 Å². The van der Waals surface area contributed by atoms with Gasteiger partial charge in [-0.3, -0.25) is 4.98 Å². The van der Waals surface area contributed by atoms with Crippen LogP contribution < -0.4 is 24.2 Å². The molecule has 0 radical (unpaired) electrons. The monoisotopic (exact) mass is 260 g/mol. The number of nitrogens with one attached hydrogen (secondary N) is 1. The molecule has 2 N–H and O–H groups in total. The summed E-state index contributed by atoms with van der Waals surface area (Å²) in [5.41, 5.74) is 0.788. The molecule has 1 unspecified atom stereocenters. The first-order valence-corrected chi connectivity index (χ1v) is 5.55. The van der Waals surface area contributed by atoms with Crippen molar-refractivity contribution in [3.8, 4) is 0 Å². The first-order chi connectivity index (χ1) is 8.50. The molecule has 0 aliphatic rings. The normalized spacial score (nSPS) is 11.3. The van der Waals surface area contributed by atoms with Crippen LogP contribution in [0.2, 0.25) is 0 Å². The zero-order valence-corrected chi connectivity index (χ0v) is 11.3. The number of carbonyl (C=O) groups excluding carboxylic acids is 1.